The van der Waals surface area contributed by atoms with Crippen LogP contribution in [0.4, 0.5) is 0 Å². The van der Waals surface area contributed by atoms with E-state index in [0.717, 1.165) is 45.4 Å². The number of hydrogen-bond acceptors (Lipinski definition) is 5. The number of aliphatic carboxylic acids is 2. The van der Waals surface area contributed by atoms with Gasteiger partial charge in [-0.2, -0.15) is 0 Å². The molecule has 0 saturated heterocycles. The lowest BCUT2D eigenvalue weighted by atomic mass is 9.85. The van der Waals surface area contributed by atoms with Gasteiger partial charge < -0.3 is 25.3 Å². The molecule has 2 atom stereocenters. The topological polar surface area (TPSA) is 169 Å². The Bertz CT molecular complexity index is 1890. The van der Waals surface area contributed by atoms with Gasteiger partial charge in [0.15, 0.2) is 0 Å². The van der Waals surface area contributed by atoms with Gasteiger partial charge >= 0.3 is 17.9 Å². The van der Waals surface area contributed by atoms with Gasteiger partial charge in [-0.1, -0.05) is 26.5 Å². The third-order valence-electron chi connectivity index (χ3n) is 8.53. The molecule has 5 rings (SSSR count). The Labute approximate surface area is 247 Å². The van der Waals surface area contributed by atoms with Crippen molar-refractivity contribution < 1.29 is 29.7 Å². The third kappa shape index (κ3) is 5.36. The van der Waals surface area contributed by atoms with Crippen LogP contribution in [0.25, 0.3) is 33.2 Å². The first kappa shape index (κ1) is 29.5. The fourth-order valence-corrected chi connectivity index (χ4v) is 6.25. The zero-order valence-corrected chi connectivity index (χ0v) is 24.5. The van der Waals surface area contributed by atoms with E-state index in [2.05, 4.69) is 16.5 Å². The van der Waals surface area contributed by atoms with Crippen LogP contribution in [-0.2, 0) is 22.4 Å². The van der Waals surface area contributed by atoms with E-state index in [0.29, 0.717) is 22.6 Å². The van der Waals surface area contributed by atoms with Crippen LogP contribution >= 0.6 is 0 Å². The van der Waals surface area contributed by atoms with E-state index in [1.165, 1.54) is 6.07 Å². The second kappa shape index (κ2) is 11.4. The Morgan fingerprint density at radius 2 is 1.70 bits per heavy atom. The van der Waals surface area contributed by atoms with E-state index >= 15 is 0 Å². The molecular formula is C33H34N4O6. The van der Waals surface area contributed by atoms with Crippen molar-refractivity contribution in [3.63, 3.8) is 0 Å². The summed E-state index contributed by atoms with van der Waals surface area (Å²) in [5.74, 6) is -4.09. The summed E-state index contributed by atoms with van der Waals surface area (Å²) in [6.45, 7) is 11.9. The molecule has 0 amide bonds. The smallest absolute Gasteiger partial charge is 0.337 e. The largest absolute Gasteiger partial charge is 0.481 e. The number of fused-ring (bicyclic) bond motifs is 8. The maximum absolute atomic E-state index is 12.5. The molecular weight excluding hydrogens is 548 g/mol. The molecule has 3 aromatic rings. The average molecular weight is 583 g/mol. The van der Waals surface area contributed by atoms with Crippen LogP contribution in [0.5, 0.6) is 0 Å². The minimum absolute atomic E-state index is 0.0851. The Morgan fingerprint density at radius 1 is 0.953 bits per heavy atom. The molecule has 2 aliphatic rings. The van der Waals surface area contributed by atoms with Crippen LogP contribution in [0, 0.1) is 6.92 Å². The molecule has 222 valence electrons. The number of carboxylic acids is 3. The van der Waals surface area contributed by atoms with Gasteiger partial charge in [0.1, 0.15) is 0 Å². The van der Waals surface area contributed by atoms with Gasteiger partial charge in [0.2, 0.25) is 0 Å². The molecule has 0 spiro atoms. The molecule has 10 heteroatoms. The first-order valence-corrected chi connectivity index (χ1v) is 14.2. The molecule has 3 aromatic heterocycles. The van der Waals surface area contributed by atoms with Crippen molar-refractivity contribution in [3.8, 4) is 0 Å². The Morgan fingerprint density at radius 3 is 2.33 bits per heavy atom. The van der Waals surface area contributed by atoms with Crippen molar-refractivity contribution in [1.82, 2.24) is 19.9 Å². The average Bonchev–Trinajstić information content (AvgIpc) is 3.65. The van der Waals surface area contributed by atoms with Crippen LogP contribution < -0.4 is 0 Å². The van der Waals surface area contributed by atoms with Crippen LogP contribution in [0.2, 0.25) is 0 Å². The van der Waals surface area contributed by atoms with Gasteiger partial charge in [-0.05, 0) is 67.7 Å². The monoisotopic (exact) mass is 582 g/mol. The predicted octanol–water partition coefficient (Wildman–Crippen LogP) is 6.38. The van der Waals surface area contributed by atoms with E-state index in [1.807, 2.05) is 45.9 Å². The van der Waals surface area contributed by atoms with Crippen molar-refractivity contribution >= 4 is 51.1 Å². The summed E-state index contributed by atoms with van der Waals surface area (Å²) < 4.78 is 0. The number of aromatic carboxylic acids is 1. The van der Waals surface area contributed by atoms with E-state index in [4.69, 9.17) is 9.97 Å². The molecule has 0 saturated carbocycles. The summed E-state index contributed by atoms with van der Waals surface area (Å²) in [7, 11) is 0. The fraction of sp³-hybridized carbons (Fsp3) is 0.303. The maximum atomic E-state index is 12.5. The summed E-state index contributed by atoms with van der Waals surface area (Å²) in [6.07, 6.45) is 2.04. The fourth-order valence-electron chi connectivity index (χ4n) is 6.25. The number of H-pyrrole nitrogens is 2. The van der Waals surface area contributed by atoms with Crippen LogP contribution in [-0.4, -0.2) is 53.2 Å². The predicted molar refractivity (Wildman–Crippen MR) is 164 cm³/mol. The summed E-state index contributed by atoms with van der Waals surface area (Å²) in [4.78, 5) is 52.7. The molecule has 8 bridgehead atoms. The molecule has 2 aliphatic heterocycles. The number of aromatic nitrogens is 4. The Balaban J connectivity index is 2.01. The van der Waals surface area contributed by atoms with Crippen molar-refractivity contribution in [1.29, 1.82) is 0 Å². The van der Waals surface area contributed by atoms with Gasteiger partial charge in [0.05, 0.1) is 34.6 Å². The van der Waals surface area contributed by atoms with Gasteiger partial charge in [-0.15, -0.1) is 0 Å². The van der Waals surface area contributed by atoms with Crippen molar-refractivity contribution in [3.05, 3.63) is 81.9 Å². The van der Waals surface area contributed by atoms with Crippen molar-refractivity contribution in [2.24, 2.45) is 0 Å². The number of nitrogens with one attached hydrogen (secondary N) is 2. The molecule has 5 N–H and O–H groups in total. The van der Waals surface area contributed by atoms with Crippen LogP contribution in [0.15, 0.2) is 36.9 Å². The summed E-state index contributed by atoms with van der Waals surface area (Å²) >= 11 is 0. The standard InChI is InChI=1S/C33H34N4O6/c1-6-19-15(3)25-14-28-20(7-2)16(4)24(36-28)13-26-17(5)21(8-9-29(38)39)31(37-26)22(12-30(40)41)32-23(33(42)43)10-18(34-32)11-27(19)35-25/h7,10-11,13-14,17,21,34-35H,2,6,8-9,12H2,1,3-5H3,(H,38,39)(H,40,41)(H,42,43)/t17-,21-/m0/s1. The highest BCUT2D eigenvalue weighted by molar-refractivity contribution is 6.00. The minimum atomic E-state index is -1.22. The highest BCUT2D eigenvalue weighted by Crippen LogP contribution is 2.43. The Hall–Kier alpha value is -4.99. The SMILES string of the molecule is C=CC1=C(C)c2cc3nc(c(CC(=O)O)c4[nH]c(cc4C(=O)O)cc4[nH]c(cc1n2)c(C)c4CC)[C@@H](CCC(=O)O)[C@@H]3C. The van der Waals surface area contributed by atoms with E-state index in [-0.39, 0.29) is 35.4 Å². The van der Waals surface area contributed by atoms with Crippen LogP contribution in [0.3, 0.4) is 0 Å². The van der Waals surface area contributed by atoms with Gasteiger partial charge in [-0.3, -0.25) is 14.6 Å². The number of hydrogen-bond donors (Lipinski definition) is 5. The van der Waals surface area contributed by atoms with Gasteiger partial charge in [0.25, 0.3) is 0 Å². The summed E-state index contributed by atoms with van der Waals surface area (Å²) in [5, 5.41) is 29.6. The number of rotatable bonds is 8. The number of allylic oxidation sites excluding steroid dienone is 3. The number of carboxylic acid groups (broad SMARTS) is 3. The molecule has 0 aromatic carbocycles. The lowest BCUT2D eigenvalue weighted by molar-refractivity contribution is -0.138. The summed E-state index contributed by atoms with van der Waals surface area (Å²) in [6, 6.07) is 7.14. The van der Waals surface area contributed by atoms with Crippen molar-refractivity contribution in [2.75, 3.05) is 0 Å². The highest BCUT2D eigenvalue weighted by Gasteiger charge is 2.33. The molecule has 10 nitrogen and oxygen atoms in total. The normalized spacial score (nSPS) is 16.4. The number of nitrogens with zero attached hydrogens (tertiary/aromatic N) is 2. The minimum Gasteiger partial charge on any atom is -0.481 e. The lowest BCUT2D eigenvalue weighted by Crippen LogP contribution is -2.11. The van der Waals surface area contributed by atoms with E-state index in [9.17, 15) is 29.7 Å². The molecule has 0 radical (unpaired) electrons. The second-order valence-corrected chi connectivity index (χ2v) is 11.1. The molecule has 0 fully saturated rings. The number of aromatic amines is 2. The highest BCUT2D eigenvalue weighted by atomic mass is 16.4. The zero-order chi connectivity index (χ0) is 31.2. The quantitative estimate of drug-likeness (QED) is 0.204. The van der Waals surface area contributed by atoms with Gasteiger partial charge in [-0.25, -0.2) is 9.78 Å². The van der Waals surface area contributed by atoms with E-state index < -0.39 is 30.2 Å². The molecule has 0 aliphatic carbocycles. The third-order valence-corrected chi connectivity index (χ3v) is 8.53. The molecule has 43 heavy (non-hydrogen) atoms. The summed E-state index contributed by atoms with van der Waals surface area (Å²) in [5.41, 5.74) is 8.68. The van der Waals surface area contributed by atoms with Crippen molar-refractivity contribution in [2.45, 2.75) is 65.2 Å². The lowest BCUT2D eigenvalue weighted by Gasteiger charge is -2.17. The number of carbonyl (C=O) groups is 3. The zero-order valence-electron chi connectivity index (χ0n) is 24.5. The first-order valence-electron chi connectivity index (χ1n) is 14.2. The van der Waals surface area contributed by atoms with E-state index in [1.54, 1.807) is 6.08 Å². The second-order valence-electron chi connectivity index (χ2n) is 11.1. The number of aryl methyl sites for hydroxylation is 2. The molecule has 5 heterocycles. The maximum Gasteiger partial charge on any atom is 0.337 e. The first-order chi connectivity index (χ1) is 20.4. The Kier molecular flexibility index (Phi) is 7.79. The molecule has 0 unspecified atom stereocenters. The van der Waals surface area contributed by atoms with Gasteiger partial charge in [0, 0.05) is 51.6 Å². The van der Waals surface area contributed by atoms with Crippen LogP contribution in [0.1, 0.15) is 95.3 Å².